The number of benzene rings is 1. The molecule has 6 heteroatoms. The highest BCUT2D eigenvalue weighted by atomic mass is 16.5. The second-order valence-electron chi connectivity index (χ2n) is 5.75. The molecule has 0 aliphatic carbocycles. The first-order chi connectivity index (χ1) is 10.4. The van der Waals surface area contributed by atoms with E-state index >= 15 is 0 Å². The van der Waals surface area contributed by atoms with Gasteiger partial charge in [-0.2, -0.15) is 0 Å². The van der Waals surface area contributed by atoms with E-state index < -0.39 is 11.4 Å². The summed E-state index contributed by atoms with van der Waals surface area (Å²) in [6.07, 6.45) is 0.250. The van der Waals surface area contributed by atoms with Crippen molar-refractivity contribution in [2.45, 2.75) is 31.7 Å². The van der Waals surface area contributed by atoms with Gasteiger partial charge < -0.3 is 15.8 Å². The van der Waals surface area contributed by atoms with Crippen LogP contribution in [-0.4, -0.2) is 36.4 Å². The fourth-order valence-electron chi connectivity index (χ4n) is 2.37. The number of hydrogen-bond donors (Lipinski definition) is 2. The lowest BCUT2D eigenvalue weighted by molar-refractivity contribution is -0.138. The molecular weight excluding hydrogens is 284 g/mol. The summed E-state index contributed by atoms with van der Waals surface area (Å²) < 4.78 is 5.06. The first-order valence-electron chi connectivity index (χ1n) is 7.17. The zero-order valence-corrected chi connectivity index (χ0v) is 12.6. The van der Waals surface area contributed by atoms with Gasteiger partial charge in [0.25, 0.3) is 0 Å². The van der Waals surface area contributed by atoms with Crippen molar-refractivity contribution < 1.29 is 19.1 Å². The fourth-order valence-corrected chi connectivity index (χ4v) is 2.37. The minimum Gasteiger partial charge on any atom is -0.376 e. The van der Waals surface area contributed by atoms with E-state index in [9.17, 15) is 14.4 Å². The molecule has 1 heterocycles. The molecule has 1 aromatic rings. The van der Waals surface area contributed by atoms with Gasteiger partial charge in [-0.1, -0.05) is 29.8 Å². The third kappa shape index (κ3) is 4.14. The van der Waals surface area contributed by atoms with Crippen LogP contribution in [-0.2, 0) is 14.3 Å². The predicted molar refractivity (Wildman–Crippen MR) is 80.2 cm³/mol. The number of rotatable bonds is 7. The lowest BCUT2D eigenvalue weighted by Gasteiger charge is -2.41. The van der Waals surface area contributed by atoms with Crippen LogP contribution < -0.4 is 11.1 Å². The SMILES string of the molecule is Cc1ccc(C(=O)CCC(=O)NC2(CC(N)=O)COC2)cc1. The first kappa shape index (κ1) is 16.2. The molecular formula is C16H20N2O4. The van der Waals surface area contributed by atoms with Gasteiger partial charge in [-0.25, -0.2) is 0 Å². The van der Waals surface area contributed by atoms with Crippen molar-refractivity contribution in [3.63, 3.8) is 0 Å². The van der Waals surface area contributed by atoms with Crippen LogP contribution in [0.5, 0.6) is 0 Å². The number of nitrogens with two attached hydrogens (primary N) is 1. The topological polar surface area (TPSA) is 98.5 Å². The van der Waals surface area contributed by atoms with Crippen molar-refractivity contribution in [2.24, 2.45) is 5.73 Å². The zero-order valence-electron chi connectivity index (χ0n) is 12.6. The quantitative estimate of drug-likeness (QED) is 0.725. The molecule has 0 spiro atoms. The lowest BCUT2D eigenvalue weighted by Crippen LogP contribution is -2.63. The number of nitrogens with one attached hydrogen (secondary N) is 1. The van der Waals surface area contributed by atoms with Gasteiger partial charge in [0.2, 0.25) is 11.8 Å². The number of hydrogen-bond acceptors (Lipinski definition) is 4. The van der Waals surface area contributed by atoms with Crippen LogP contribution in [0, 0.1) is 6.92 Å². The fraction of sp³-hybridized carbons (Fsp3) is 0.438. The standard InChI is InChI=1S/C16H20N2O4/c1-11-2-4-12(5-3-11)13(19)6-7-15(21)18-16(8-14(17)20)9-22-10-16/h2-5H,6-10H2,1H3,(H2,17,20)(H,18,21). The Labute approximate surface area is 129 Å². The molecule has 1 saturated heterocycles. The summed E-state index contributed by atoms with van der Waals surface area (Å²) in [6, 6.07) is 7.23. The van der Waals surface area contributed by atoms with E-state index in [1.807, 2.05) is 19.1 Å². The number of amides is 2. The van der Waals surface area contributed by atoms with E-state index in [1.165, 1.54) is 0 Å². The van der Waals surface area contributed by atoms with E-state index in [-0.39, 0.29) is 44.2 Å². The molecule has 118 valence electrons. The van der Waals surface area contributed by atoms with E-state index in [4.69, 9.17) is 10.5 Å². The highest BCUT2D eigenvalue weighted by Crippen LogP contribution is 2.21. The van der Waals surface area contributed by atoms with E-state index in [1.54, 1.807) is 12.1 Å². The summed E-state index contributed by atoms with van der Waals surface area (Å²) in [5.41, 5.74) is 6.15. The molecule has 2 rings (SSSR count). The minimum atomic E-state index is -0.699. The van der Waals surface area contributed by atoms with Crippen molar-refractivity contribution in [3.05, 3.63) is 35.4 Å². The minimum absolute atomic E-state index is 0.0463. The van der Waals surface area contributed by atoms with Crippen LogP contribution in [0.25, 0.3) is 0 Å². The van der Waals surface area contributed by atoms with Crippen molar-refractivity contribution in [3.8, 4) is 0 Å². The molecule has 3 N–H and O–H groups in total. The molecule has 0 bridgehead atoms. The van der Waals surface area contributed by atoms with Gasteiger partial charge in [0.15, 0.2) is 5.78 Å². The monoisotopic (exact) mass is 304 g/mol. The Morgan fingerprint density at radius 3 is 2.32 bits per heavy atom. The number of ketones is 1. The van der Waals surface area contributed by atoms with Crippen molar-refractivity contribution in [2.75, 3.05) is 13.2 Å². The molecule has 1 aromatic carbocycles. The summed E-state index contributed by atoms with van der Waals surface area (Å²) in [5.74, 6) is -0.840. The van der Waals surface area contributed by atoms with Crippen LogP contribution >= 0.6 is 0 Å². The first-order valence-corrected chi connectivity index (χ1v) is 7.17. The molecule has 0 saturated carbocycles. The molecule has 0 radical (unpaired) electrons. The van der Waals surface area contributed by atoms with Gasteiger partial charge in [-0.05, 0) is 6.92 Å². The second-order valence-corrected chi connectivity index (χ2v) is 5.75. The number of Topliss-reactive ketones (excluding diaryl/α,β-unsaturated/α-hetero) is 1. The van der Waals surface area contributed by atoms with Gasteiger partial charge >= 0.3 is 0 Å². The van der Waals surface area contributed by atoms with Crippen molar-refractivity contribution >= 4 is 17.6 Å². The average molecular weight is 304 g/mol. The average Bonchev–Trinajstić information content (AvgIpc) is 2.42. The summed E-state index contributed by atoms with van der Waals surface area (Å²) >= 11 is 0. The summed E-state index contributed by atoms with van der Waals surface area (Å²) in [6.45, 7) is 2.49. The highest BCUT2D eigenvalue weighted by molar-refractivity contribution is 5.98. The number of primary amides is 1. The Kier molecular flexibility index (Phi) is 4.92. The molecule has 1 aliphatic heterocycles. The Morgan fingerprint density at radius 2 is 1.82 bits per heavy atom. The molecule has 22 heavy (non-hydrogen) atoms. The molecule has 0 unspecified atom stereocenters. The Hall–Kier alpha value is -2.21. The van der Waals surface area contributed by atoms with Gasteiger partial charge in [-0.15, -0.1) is 0 Å². The zero-order chi connectivity index (χ0) is 16.2. The smallest absolute Gasteiger partial charge is 0.221 e. The summed E-state index contributed by atoms with van der Waals surface area (Å²) in [5, 5.41) is 2.76. The van der Waals surface area contributed by atoms with Crippen LogP contribution in [0.2, 0.25) is 0 Å². The predicted octanol–water partition coefficient (Wildman–Crippen LogP) is 0.719. The largest absolute Gasteiger partial charge is 0.376 e. The van der Waals surface area contributed by atoms with E-state index in [0.717, 1.165) is 5.56 Å². The normalized spacial score (nSPS) is 15.7. The summed E-state index contributed by atoms with van der Waals surface area (Å²) in [7, 11) is 0. The maximum absolute atomic E-state index is 12.0. The Bertz CT molecular complexity index is 576. The third-order valence-electron chi connectivity index (χ3n) is 3.63. The Balaban J connectivity index is 1.83. The van der Waals surface area contributed by atoms with Gasteiger partial charge in [0, 0.05) is 18.4 Å². The molecule has 0 aromatic heterocycles. The van der Waals surface area contributed by atoms with Crippen molar-refractivity contribution in [1.82, 2.24) is 5.32 Å². The number of carbonyl (C=O) groups excluding carboxylic acids is 3. The maximum Gasteiger partial charge on any atom is 0.221 e. The van der Waals surface area contributed by atoms with Gasteiger partial charge in [0.1, 0.15) is 0 Å². The lowest BCUT2D eigenvalue weighted by atomic mass is 9.92. The molecule has 1 aliphatic rings. The number of carbonyl (C=O) groups is 3. The second kappa shape index (κ2) is 6.70. The van der Waals surface area contributed by atoms with Crippen LogP contribution in [0.3, 0.4) is 0 Å². The van der Waals surface area contributed by atoms with Crippen molar-refractivity contribution in [1.29, 1.82) is 0 Å². The van der Waals surface area contributed by atoms with Crippen LogP contribution in [0.1, 0.15) is 35.2 Å². The summed E-state index contributed by atoms with van der Waals surface area (Å²) in [4.78, 5) is 35.0. The van der Waals surface area contributed by atoms with E-state index in [2.05, 4.69) is 5.32 Å². The van der Waals surface area contributed by atoms with Crippen LogP contribution in [0.4, 0.5) is 0 Å². The van der Waals surface area contributed by atoms with E-state index in [0.29, 0.717) is 5.56 Å². The van der Waals surface area contributed by atoms with Gasteiger partial charge in [-0.3, -0.25) is 14.4 Å². The molecule has 2 amide bonds. The molecule has 6 nitrogen and oxygen atoms in total. The maximum atomic E-state index is 12.0. The van der Waals surface area contributed by atoms with Gasteiger partial charge in [0.05, 0.1) is 25.2 Å². The highest BCUT2D eigenvalue weighted by Gasteiger charge is 2.41. The molecule has 0 atom stereocenters. The number of ether oxygens (including phenoxy) is 1. The number of aryl methyl sites for hydroxylation is 1. The van der Waals surface area contributed by atoms with Crippen LogP contribution in [0.15, 0.2) is 24.3 Å². The third-order valence-corrected chi connectivity index (χ3v) is 3.63. The molecule has 1 fully saturated rings. The Morgan fingerprint density at radius 1 is 1.18 bits per heavy atom.